The Hall–Kier alpha value is -3.25. The van der Waals surface area contributed by atoms with Crippen molar-refractivity contribution in [3.63, 3.8) is 0 Å². The fourth-order valence-corrected chi connectivity index (χ4v) is 4.25. The molecule has 0 atom stereocenters. The van der Waals surface area contributed by atoms with Crippen LogP contribution < -0.4 is 10.9 Å². The van der Waals surface area contributed by atoms with E-state index in [1.165, 1.54) is 30.0 Å². The molecule has 1 aromatic carbocycles. The second-order valence-electron chi connectivity index (χ2n) is 6.48. The predicted molar refractivity (Wildman–Crippen MR) is 111 cm³/mol. The number of nitrogens with one attached hydrogen (secondary N) is 2. The largest absolute Gasteiger partial charge is 0.298 e. The summed E-state index contributed by atoms with van der Waals surface area (Å²) in [7, 11) is 0. The Morgan fingerprint density at radius 2 is 2.07 bits per heavy atom. The number of hydrazine groups is 1. The van der Waals surface area contributed by atoms with E-state index in [1.807, 2.05) is 17.5 Å². The molecule has 2 heterocycles. The van der Waals surface area contributed by atoms with E-state index in [0.717, 1.165) is 29.6 Å². The summed E-state index contributed by atoms with van der Waals surface area (Å²) in [6.45, 7) is 0. The number of aromatic nitrogens is 3. The van der Waals surface area contributed by atoms with Crippen LogP contribution in [-0.4, -0.2) is 37.3 Å². The molecule has 10 nitrogen and oxygen atoms in total. The number of hydrogen-bond donors (Lipinski definition) is 2. The number of benzene rings is 1. The summed E-state index contributed by atoms with van der Waals surface area (Å²) in [4.78, 5) is 35.5. The molecule has 2 amide bonds. The summed E-state index contributed by atoms with van der Waals surface area (Å²) in [6.07, 6.45) is 2.10. The fourth-order valence-electron chi connectivity index (χ4n) is 2.74. The normalized spacial score (nSPS) is 13.1. The predicted octanol–water partition coefficient (Wildman–Crippen LogP) is 2.80. The van der Waals surface area contributed by atoms with Crippen molar-refractivity contribution in [1.29, 1.82) is 0 Å². The van der Waals surface area contributed by atoms with Crippen LogP contribution in [0.2, 0.25) is 0 Å². The third kappa shape index (κ3) is 4.49. The van der Waals surface area contributed by atoms with E-state index < -0.39 is 16.7 Å². The maximum absolute atomic E-state index is 12.1. The van der Waals surface area contributed by atoms with Gasteiger partial charge in [-0.05, 0) is 30.4 Å². The number of rotatable bonds is 7. The highest BCUT2D eigenvalue weighted by Gasteiger charge is 2.30. The second kappa shape index (κ2) is 8.63. The van der Waals surface area contributed by atoms with Crippen LogP contribution in [0.4, 0.5) is 5.69 Å². The van der Waals surface area contributed by atoms with E-state index >= 15 is 0 Å². The number of carbonyl (C=O) groups excluding carboxylic acids is 2. The van der Waals surface area contributed by atoms with Crippen LogP contribution in [-0.2, 0) is 4.79 Å². The lowest BCUT2D eigenvalue weighted by Gasteiger charge is -2.09. The summed E-state index contributed by atoms with van der Waals surface area (Å²) in [6, 6.07) is 9.53. The summed E-state index contributed by atoms with van der Waals surface area (Å²) in [5.74, 6) is -0.237. The lowest BCUT2D eigenvalue weighted by Crippen LogP contribution is -2.42. The number of thioether (sulfide) groups is 1. The van der Waals surface area contributed by atoms with Crippen molar-refractivity contribution in [1.82, 2.24) is 25.6 Å². The van der Waals surface area contributed by atoms with Gasteiger partial charge in [0.2, 0.25) is 5.91 Å². The van der Waals surface area contributed by atoms with Crippen molar-refractivity contribution in [3.05, 3.63) is 57.5 Å². The molecule has 1 fully saturated rings. The van der Waals surface area contributed by atoms with Crippen LogP contribution in [0.5, 0.6) is 0 Å². The van der Waals surface area contributed by atoms with Gasteiger partial charge < -0.3 is 0 Å². The van der Waals surface area contributed by atoms with Crippen LogP contribution in [0.3, 0.4) is 0 Å². The third-order valence-electron chi connectivity index (χ3n) is 4.29. The third-order valence-corrected chi connectivity index (χ3v) is 6.09. The highest BCUT2D eigenvalue weighted by Crippen LogP contribution is 2.41. The van der Waals surface area contributed by atoms with Gasteiger partial charge in [-0.25, -0.2) is 0 Å². The van der Waals surface area contributed by atoms with Crippen molar-refractivity contribution in [2.24, 2.45) is 0 Å². The number of nitrogens with zero attached hydrogens (tertiary/aromatic N) is 4. The molecule has 1 aliphatic carbocycles. The van der Waals surface area contributed by atoms with E-state index in [2.05, 4.69) is 25.6 Å². The van der Waals surface area contributed by atoms with Crippen molar-refractivity contribution < 1.29 is 14.5 Å². The van der Waals surface area contributed by atoms with Crippen molar-refractivity contribution in [2.75, 3.05) is 5.75 Å². The molecule has 0 unspecified atom stereocenters. The van der Waals surface area contributed by atoms with Gasteiger partial charge in [0.15, 0.2) is 11.0 Å². The molecule has 0 saturated heterocycles. The molecule has 12 heteroatoms. The molecule has 1 saturated carbocycles. The number of non-ortho nitro benzene ring substituents is 1. The van der Waals surface area contributed by atoms with Gasteiger partial charge in [-0.3, -0.25) is 35.1 Å². The molecule has 2 N–H and O–H groups in total. The standard InChI is InChI=1S/C18H16N6O4S2/c25-15(19-21-17(26)11-3-1-4-13(9-11)24(27)28)10-30-18-22-20-16(14-5-2-8-29-14)23(18)12-6-7-12/h1-5,8-9,12H,6-7,10H2,(H,19,25)(H,21,26). The van der Waals surface area contributed by atoms with Crippen molar-refractivity contribution >= 4 is 40.6 Å². The van der Waals surface area contributed by atoms with E-state index in [0.29, 0.717) is 11.2 Å². The minimum atomic E-state index is -0.641. The average molecular weight is 444 g/mol. The minimum Gasteiger partial charge on any atom is -0.298 e. The molecule has 4 rings (SSSR count). The highest BCUT2D eigenvalue weighted by atomic mass is 32.2. The van der Waals surface area contributed by atoms with Crippen LogP contribution in [0.15, 0.2) is 46.9 Å². The van der Waals surface area contributed by atoms with Gasteiger partial charge in [0.1, 0.15) is 0 Å². The molecule has 30 heavy (non-hydrogen) atoms. The Labute approximate surface area is 178 Å². The number of nitro groups is 1. The van der Waals surface area contributed by atoms with Gasteiger partial charge >= 0.3 is 0 Å². The number of carbonyl (C=O) groups is 2. The molecule has 0 bridgehead atoms. The second-order valence-corrected chi connectivity index (χ2v) is 8.37. The van der Waals surface area contributed by atoms with Gasteiger partial charge in [-0.15, -0.1) is 21.5 Å². The number of nitro benzene ring substituents is 1. The van der Waals surface area contributed by atoms with Crippen LogP contribution >= 0.6 is 23.1 Å². The van der Waals surface area contributed by atoms with Crippen LogP contribution in [0, 0.1) is 10.1 Å². The zero-order valence-electron chi connectivity index (χ0n) is 15.5. The van der Waals surface area contributed by atoms with E-state index in [4.69, 9.17) is 0 Å². The van der Waals surface area contributed by atoms with Gasteiger partial charge in [0, 0.05) is 23.7 Å². The quantitative estimate of drug-likeness (QED) is 0.325. The van der Waals surface area contributed by atoms with Gasteiger partial charge in [0.05, 0.1) is 15.6 Å². The number of amides is 2. The first-order valence-corrected chi connectivity index (χ1v) is 10.8. The van der Waals surface area contributed by atoms with Gasteiger partial charge in [-0.2, -0.15) is 0 Å². The summed E-state index contributed by atoms with van der Waals surface area (Å²) < 4.78 is 2.06. The molecule has 3 aromatic rings. The van der Waals surface area contributed by atoms with Crippen LogP contribution in [0.1, 0.15) is 29.2 Å². The topological polar surface area (TPSA) is 132 Å². The SMILES string of the molecule is O=C(CSc1nnc(-c2cccs2)n1C1CC1)NNC(=O)c1cccc([N+](=O)[O-])c1. The smallest absolute Gasteiger partial charge is 0.270 e. The molecule has 0 aliphatic heterocycles. The molecular formula is C18H16N6O4S2. The molecule has 0 radical (unpaired) electrons. The Bertz CT molecular complexity index is 1090. The Balaban J connectivity index is 1.34. The Morgan fingerprint density at radius 1 is 1.23 bits per heavy atom. The maximum atomic E-state index is 12.1. The van der Waals surface area contributed by atoms with E-state index in [-0.39, 0.29) is 17.0 Å². The molecule has 1 aliphatic rings. The Morgan fingerprint density at radius 3 is 2.77 bits per heavy atom. The first-order valence-electron chi connectivity index (χ1n) is 8.98. The lowest BCUT2D eigenvalue weighted by atomic mass is 10.2. The summed E-state index contributed by atoms with van der Waals surface area (Å²) in [5, 5.41) is 21.9. The monoisotopic (exact) mass is 444 g/mol. The molecule has 0 spiro atoms. The number of thiophene rings is 1. The molecule has 154 valence electrons. The van der Waals surface area contributed by atoms with Crippen molar-refractivity contribution in [3.8, 4) is 10.7 Å². The van der Waals surface area contributed by atoms with E-state index in [1.54, 1.807) is 11.3 Å². The minimum absolute atomic E-state index is 0.0323. The summed E-state index contributed by atoms with van der Waals surface area (Å²) in [5.41, 5.74) is 4.45. The first kappa shape index (κ1) is 20.0. The van der Waals surface area contributed by atoms with Gasteiger partial charge in [-0.1, -0.05) is 23.9 Å². The van der Waals surface area contributed by atoms with Gasteiger partial charge in [0.25, 0.3) is 11.6 Å². The molecule has 2 aromatic heterocycles. The highest BCUT2D eigenvalue weighted by molar-refractivity contribution is 7.99. The maximum Gasteiger partial charge on any atom is 0.270 e. The van der Waals surface area contributed by atoms with Crippen LogP contribution in [0.25, 0.3) is 10.7 Å². The number of hydrogen-bond acceptors (Lipinski definition) is 8. The lowest BCUT2D eigenvalue weighted by molar-refractivity contribution is -0.384. The fraction of sp³-hybridized carbons (Fsp3) is 0.222. The zero-order chi connectivity index (χ0) is 21.1. The summed E-state index contributed by atoms with van der Waals surface area (Å²) >= 11 is 2.82. The Kier molecular flexibility index (Phi) is 5.77. The molecular weight excluding hydrogens is 428 g/mol. The van der Waals surface area contributed by atoms with Crippen molar-refractivity contribution in [2.45, 2.75) is 24.0 Å². The zero-order valence-corrected chi connectivity index (χ0v) is 17.1. The van der Waals surface area contributed by atoms with E-state index in [9.17, 15) is 19.7 Å². The first-order chi connectivity index (χ1) is 14.5. The average Bonchev–Trinajstić information content (AvgIpc) is 3.26.